The van der Waals surface area contributed by atoms with Crippen molar-refractivity contribution >= 4 is 17.5 Å². The third-order valence-corrected chi connectivity index (χ3v) is 3.94. The van der Waals surface area contributed by atoms with Gasteiger partial charge in [0.25, 0.3) is 0 Å². The first-order chi connectivity index (χ1) is 11.3. The molecule has 0 aliphatic carbocycles. The van der Waals surface area contributed by atoms with Crippen LogP contribution in [0.1, 0.15) is 12.5 Å². The molecule has 1 fully saturated rings. The molecule has 0 saturated carbocycles. The van der Waals surface area contributed by atoms with Gasteiger partial charge in [-0.1, -0.05) is 13.0 Å². The Bertz CT molecular complexity index is 702. The number of aromatic nitrogens is 3. The summed E-state index contributed by atoms with van der Waals surface area (Å²) in [6, 6.07) is 9.33. The lowest BCUT2D eigenvalue weighted by molar-refractivity contribution is 0.270. The summed E-state index contributed by atoms with van der Waals surface area (Å²) in [5.41, 5.74) is 1.37. The highest BCUT2D eigenvalue weighted by Crippen LogP contribution is 2.17. The molecule has 1 saturated heterocycles. The summed E-state index contributed by atoms with van der Waals surface area (Å²) >= 11 is 0. The quantitative estimate of drug-likeness (QED) is 0.919. The molecule has 0 bridgehead atoms. The minimum absolute atomic E-state index is 0.440. The third-order valence-electron chi connectivity index (χ3n) is 3.94. The van der Waals surface area contributed by atoms with E-state index < -0.39 is 0 Å². The van der Waals surface area contributed by atoms with Gasteiger partial charge in [0.05, 0.1) is 17.8 Å². The maximum absolute atomic E-state index is 8.95. The highest BCUT2D eigenvalue weighted by molar-refractivity contribution is 5.57. The lowest BCUT2D eigenvalue weighted by atomic mass is 10.2. The topological polar surface area (TPSA) is 81.0 Å². The number of hydrogen-bond donors (Lipinski definition) is 1. The van der Waals surface area contributed by atoms with Crippen molar-refractivity contribution in [3.8, 4) is 6.07 Å². The van der Waals surface area contributed by atoms with Crippen LogP contribution in [0, 0.1) is 11.3 Å². The Hall–Kier alpha value is -2.72. The zero-order valence-electron chi connectivity index (χ0n) is 13.1. The fourth-order valence-electron chi connectivity index (χ4n) is 2.59. The molecule has 1 aliphatic rings. The van der Waals surface area contributed by atoms with Crippen molar-refractivity contribution in [3.05, 3.63) is 36.0 Å². The lowest BCUT2D eigenvalue weighted by Gasteiger charge is -2.34. The van der Waals surface area contributed by atoms with Crippen molar-refractivity contribution < 1.29 is 0 Å². The van der Waals surface area contributed by atoms with Crippen LogP contribution in [0.2, 0.25) is 0 Å². The molecule has 2 heterocycles. The monoisotopic (exact) mass is 309 g/mol. The second-order valence-corrected chi connectivity index (χ2v) is 5.38. The van der Waals surface area contributed by atoms with Gasteiger partial charge in [-0.25, -0.2) is 0 Å². The van der Waals surface area contributed by atoms with Crippen LogP contribution in [0.5, 0.6) is 0 Å². The van der Waals surface area contributed by atoms with Crippen molar-refractivity contribution in [2.45, 2.75) is 6.92 Å². The Labute approximate surface area is 135 Å². The molecule has 1 aromatic heterocycles. The molecule has 0 atom stereocenters. The van der Waals surface area contributed by atoms with Gasteiger partial charge in [0, 0.05) is 31.9 Å². The first-order valence-corrected chi connectivity index (χ1v) is 7.72. The molecular formula is C16H19N7. The van der Waals surface area contributed by atoms with Crippen LogP contribution in [0.3, 0.4) is 0 Å². The second kappa shape index (κ2) is 7.03. The number of nitriles is 1. The molecule has 0 amide bonds. The summed E-state index contributed by atoms with van der Waals surface area (Å²) in [5.74, 6) is 1.27. The molecule has 0 spiro atoms. The molecule has 2 aromatic rings. The van der Waals surface area contributed by atoms with E-state index in [9.17, 15) is 0 Å². The highest BCUT2D eigenvalue weighted by atomic mass is 15.3. The van der Waals surface area contributed by atoms with Gasteiger partial charge in [-0.3, -0.25) is 0 Å². The summed E-state index contributed by atoms with van der Waals surface area (Å²) in [5, 5.41) is 20.1. The number of hydrogen-bond acceptors (Lipinski definition) is 7. The van der Waals surface area contributed by atoms with Gasteiger partial charge in [-0.15, -0.1) is 5.10 Å². The van der Waals surface area contributed by atoms with Gasteiger partial charge in [0.1, 0.15) is 0 Å². The van der Waals surface area contributed by atoms with Gasteiger partial charge in [0.2, 0.25) is 5.95 Å². The minimum Gasteiger partial charge on any atom is -0.353 e. The van der Waals surface area contributed by atoms with Gasteiger partial charge >= 0.3 is 0 Å². The van der Waals surface area contributed by atoms with E-state index in [2.05, 4.69) is 43.3 Å². The molecule has 118 valence electrons. The Morgan fingerprint density at radius 2 is 2.09 bits per heavy atom. The Balaban J connectivity index is 1.71. The summed E-state index contributed by atoms with van der Waals surface area (Å²) < 4.78 is 0. The largest absolute Gasteiger partial charge is 0.353 e. The molecule has 1 N–H and O–H groups in total. The van der Waals surface area contributed by atoms with Crippen LogP contribution < -0.4 is 10.2 Å². The lowest BCUT2D eigenvalue weighted by Crippen LogP contribution is -2.46. The van der Waals surface area contributed by atoms with E-state index in [-0.39, 0.29) is 0 Å². The van der Waals surface area contributed by atoms with Crippen molar-refractivity contribution in [1.82, 2.24) is 20.1 Å². The molecule has 0 radical (unpaired) electrons. The maximum atomic E-state index is 8.95. The predicted molar refractivity (Wildman–Crippen MR) is 88.6 cm³/mol. The van der Waals surface area contributed by atoms with Crippen LogP contribution >= 0.6 is 0 Å². The average Bonchev–Trinajstić information content (AvgIpc) is 2.62. The number of nitrogens with zero attached hydrogens (tertiary/aromatic N) is 6. The van der Waals surface area contributed by atoms with Gasteiger partial charge in [-0.05, 0) is 24.7 Å². The van der Waals surface area contributed by atoms with Crippen LogP contribution in [-0.4, -0.2) is 52.8 Å². The molecule has 1 aliphatic heterocycles. The Morgan fingerprint density at radius 3 is 2.83 bits per heavy atom. The number of rotatable bonds is 4. The zero-order chi connectivity index (χ0) is 16.1. The predicted octanol–water partition coefficient (Wildman–Crippen LogP) is 1.63. The van der Waals surface area contributed by atoms with Crippen molar-refractivity contribution in [1.29, 1.82) is 5.26 Å². The van der Waals surface area contributed by atoms with Crippen molar-refractivity contribution in [2.24, 2.45) is 0 Å². The third kappa shape index (κ3) is 3.73. The van der Waals surface area contributed by atoms with Crippen molar-refractivity contribution in [2.75, 3.05) is 42.9 Å². The molecule has 0 unspecified atom stereocenters. The minimum atomic E-state index is 0.440. The molecule has 23 heavy (non-hydrogen) atoms. The van der Waals surface area contributed by atoms with E-state index in [0.29, 0.717) is 11.5 Å². The zero-order valence-corrected chi connectivity index (χ0v) is 13.1. The summed E-state index contributed by atoms with van der Waals surface area (Å²) in [4.78, 5) is 9.17. The van der Waals surface area contributed by atoms with E-state index in [1.165, 1.54) is 0 Å². The van der Waals surface area contributed by atoms with Gasteiger partial charge in [-0.2, -0.15) is 15.3 Å². The summed E-state index contributed by atoms with van der Waals surface area (Å²) in [6.07, 6.45) is 1.69. The van der Waals surface area contributed by atoms with E-state index in [4.69, 9.17) is 5.26 Å². The molecule has 7 nitrogen and oxygen atoms in total. The van der Waals surface area contributed by atoms with Gasteiger partial charge < -0.3 is 15.1 Å². The Morgan fingerprint density at radius 1 is 1.26 bits per heavy atom. The first-order valence-electron chi connectivity index (χ1n) is 7.72. The number of nitrogens with one attached hydrogen (secondary N) is 1. The SMILES string of the molecule is CCN1CCN(c2cnnc(Nc3cccc(C#N)c3)n2)CC1. The van der Waals surface area contributed by atoms with E-state index in [1.807, 2.05) is 12.1 Å². The molecular weight excluding hydrogens is 290 g/mol. The summed E-state index contributed by atoms with van der Waals surface area (Å²) in [7, 11) is 0. The number of benzene rings is 1. The summed E-state index contributed by atoms with van der Waals surface area (Å²) in [6.45, 7) is 7.21. The molecule has 1 aromatic carbocycles. The van der Waals surface area contributed by atoms with Gasteiger partial charge in [0.15, 0.2) is 5.82 Å². The van der Waals surface area contributed by atoms with E-state index in [1.54, 1.807) is 18.3 Å². The number of piperazine rings is 1. The average molecular weight is 309 g/mol. The Kier molecular flexibility index (Phi) is 4.64. The van der Waals surface area contributed by atoms with Crippen LogP contribution in [-0.2, 0) is 0 Å². The molecule has 7 heteroatoms. The van der Waals surface area contributed by atoms with E-state index >= 15 is 0 Å². The fourth-order valence-corrected chi connectivity index (χ4v) is 2.59. The normalized spacial score (nSPS) is 15.2. The van der Waals surface area contributed by atoms with Crippen molar-refractivity contribution in [3.63, 3.8) is 0 Å². The van der Waals surface area contributed by atoms with Crippen LogP contribution in [0.15, 0.2) is 30.5 Å². The smallest absolute Gasteiger partial charge is 0.249 e. The van der Waals surface area contributed by atoms with Crippen LogP contribution in [0.25, 0.3) is 0 Å². The second-order valence-electron chi connectivity index (χ2n) is 5.38. The van der Waals surface area contributed by atoms with Crippen LogP contribution in [0.4, 0.5) is 17.5 Å². The highest BCUT2D eigenvalue weighted by Gasteiger charge is 2.17. The number of likely N-dealkylation sites (N-methyl/N-ethyl adjacent to an activating group) is 1. The fraction of sp³-hybridized carbons (Fsp3) is 0.375. The standard InChI is InChI=1S/C16H19N7/c1-2-22-6-8-23(9-7-22)15-12-18-21-16(20-15)19-14-5-3-4-13(10-14)11-17/h3-5,10,12H,2,6-9H2,1H3,(H,19,20,21). The number of anilines is 3. The van der Waals surface area contributed by atoms with E-state index in [0.717, 1.165) is 44.2 Å². The maximum Gasteiger partial charge on any atom is 0.249 e. The first kappa shape index (κ1) is 15.2. The molecule has 3 rings (SSSR count).